The third-order valence-electron chi connectivity index (χ3n) is 3.31. The van der Waals surface area contributed by atoms with Gasteiger partial charge in [0.1, 0.15) is 6.10 Å². The van der Waals surface area contributed by atoms with Crippen LogP contribution in [0.25, 0.3) is 0 Å². The summed E-state index contributed by atoms with van der Waals surface area (Å²) in [5.41, 5.74) is 1.86. The molecule has 0 bridgehead atoms. The van der Waals surface area contributed by atoms with Gasteiger partial charge in [-0.3, -0.25) is 4.55 Å². The quantitative estimate of drug-likeness (QED) is 0.637. The van der Waals surface area contributed by atoms with Crippen LogP contribution < -0.4 is 10.1 Å². The molecule has 1 saturated heterocycles. The summed E-state index contributed by atoms with van der Waals surface area (Å²) in [7, 11) is -4.02. The molecule has 0 amide bonds. The molecule has 24 heavy (non-hydrogen) atoms. The second kappa shape index (κ2) is 7.94. The van der Waals surface area contributed by atoms with Crippen molar-refractivity contribution >= 4 is 21.7 Å². The molecule has 2 heterocycles. The van der Waals surface area contributed by atoms with E-state index in [0.717, 1.165) is 24.3 Å². The lowest BCUT2D eigenvalue weighted by Gasteiger charge is -2.27. The summed E-state index contributed by atoms with van der Waals surface area (Å²) in [4.78, 5) is 4.04. The average Bonchev–Trinajstić information content (AvgIpc) is 2.45. The second-order valence-electron chi connectivity index (χ2n) is 5.43. The molecule has 0 unspecified atom stereocenters. The third-order valence-corrected chi connectivity index (χ3v) is 4.45. The van der Waals surface area contributed by atoms with E-state index in [9.17, 15) is 8.42 Å². The van der Waals surface area contributed by atoms with Crippen molar-refractivity contribution in [2.75, 3.05) is 13.1 Å². The van der Waals surface area contributed by atoms with E-state index in [1.54, 1.807) is 12.1 Å². The van der Waals surface area contributed by atoms with Gasteiger partial charge in [-0.25, -0.2) is 4.98 Å². The Morgan fingerprint density at radius 1 is 1.17 bits per heavy atom. The summed E-state index contributed by atoms with van der Waals surface area (Å²) in [5, 5.41) is 3.57. The smallest absolute Gasteiger partial charge is 0.294 e. The van der Waals surface area contributed by atoms with E-state index in [1.165, 1.54) is 12.1 Å². The molecule has 8 heteroatoms. The highest BCUT2D eigenvalue weighted by Crippen LogP contribution is 2.23. The Balaban J connectivity index is 0.000000177. The lowest BCUT2D eigenvalue weighted by Crippen LogP contribution is -2.50. The number of aromatic nitrogens is 1. The van der Waals surface area contributed by atoms with Crippen LogP contribution in [0.3, 0.4) is 0 Å². The Labute approximate surface area is 146 Å². The van der Waals surface area contributed by atoms with Gasteiger partial charge >= 0.3 is 0 Å². The zero-order valence-corrected chi connectivity index (χ0v) is 14.9. The Morgan fingerprint density at radius 3 is 2.25 bits per heavy atom. The molecule has 0 saturated carbocycles. The second-order valence-corrected chi connectivity index (χ2v) is 7.21. The highest BCUT2D eigenvalue weighted by Gasteiger charge is 2.19. The molecule has 1 aromatic carbocycles. The van der Waals surface area contributed by atoms with Gasteiger partial charge in [-0.05, 0) is 38.1 Å². The summed E-state index contributed by atoms with van der Waals surface area (Å²) in [6.07, 6.45) is 0.252. The van der Waals surface area contributed by atoms with Crippen LogP contribution in [0.15, 0.2) is 41.3 Å². The number of pyridine rings is 1. The molecule has 0 radical (unpaired) electrons. The van der Waals surface area contributed by atoms with E-state index in [4.69, 9.17) is 20.9 Å². The first-order valence-electron chi connectivity index (χ1n) is 7.30. The minimum atomic E-state index is -4.02. The van der Waals surface area contributed by atoms with Gasteiger partial charge in [0.2, 0.25) is 0 Å². The monoisotopic (exact) mass is 370 g/mol. The van der Waals surface area contributed by atoms with Gasteiger partial charge in [-0.15, -0.1) is 0 Å². The highest BCUT2D eigenvalue weighted by atomic mass is 35.5. The standard InChI is InChI=1S/C9H11ClN2O.C7H8O3S/c1-6-2-3-8(9(10)12-6)13-7-4-11-5-7;1-6-2-4-7(5-3-6)11(8,9)10/h2-3,7,11H,4-5H2,1H3;2-5H,1H3,(H,8,9,10). The molecule has 0 spiro atoms. The van der Waals surface area contributed by atoms with Gasteiger partial charge in [-0.2, -0.15) is 8.42 Å². The molecular formula is C16H19ClN2O4S. The van der Waals surface area contributed by atoms with Crippen molar-refractivity contribution in [3.63, 3.8) is 0 Å². The maximum absolute atomic E-state index is 10.5. The van der Waals surface area contributed by atoms with Crippen molar-refractivity contribution in [1.29, 1.82) is 0 Å². The van der Waals surface area contributed by atoms with E-state index < -0.39 is 10.1 Å². The normalized spacial score (nSPS) is 14.3. The minimum absolute atomic E-state index is 0.0666. The SMILES string of the molecule is Cc1ccc(OC2CNC2)c(Cl)n1.Cc1ccc(S(=O)(=O)O)cc1. The molecule has 2 N–H and O–H groups in total. The van der Waals surface area contributed by atoms with Crippen LogP contribution in [0.5, 0.6) is 5.75 Å². The molecule has 0 aliphatic carbocycles. The van der Waals surface area contributed by atoms with Crippen molar-refractivity contribution in [2.45, 2.75) is 24.8 Å². The number of nitrogens with zero attached hydrogens (tertiary/aromatic N) is 1. The van der Waals surface area contributed by atoms with Crippen molar-refractivity contribution < 1.29 is 17.7 Å². The fourth-order valence-electron chi connectivity index (χ4n) is 1.84. The number of aryl methyl sites for hydroxylation is 2. The van der Waals surface area contributed by atoms with Crippen LogP contribution in [0, 0.1) is 13.8 Å². The number of rotatable bonds is 3. The first kappa shape index (κ1) is 18.7. The summed E-state index contributed by atoms with van der Waals surface area (Å²) in [6, 6.07) is 9.75. The van der Waals surface area contributed by atoms with E-state index in [0.29, 0.717) is 10.9 Å². The van der Waals surface area contributed by atoms with Gasteiger partial charge in [0, 0.05) is 18.8 Å². The zero-order valence-electron chi connectivity index (χ0n) is 13.4. The van der Waals surface area contributed by atoms with Gasteiger partial charge < -0.3 is 10.1 Å². The Kier molecular flexibility index (Phi) is 6.17. The topological polar surface area (TPSA) is 88.5 Å². The van der Waals surface area contributed by atoms with Crippen LogP contribution >= 0.6 is 11.6 Å². The fourth-order valence-corrected chi connectivity index (χ4v) is 2.56. The number of hydrogen-bond donors (Lipinski definition) is 2. The van der Waals surface area contributed by atoms with E-state index in [1.807, 2.05) is 26.0 Å². The van der Waals surface area contributed by atoms with Gasteiger partial charge in [-0.1, -0.05) is 29.3 Å². The van der Waals surface area contributed by atoms with Crippen LogP contribution in [-0.4, -0.2) is 37.1 Å². The average molecular weight is 371 g/mol. The lowest BCUT2D eigenvalue weighted by atomic mass is 10.2. The molecule has 130 valence electrons. The zero-order chi connectivity index (χ0) is 17.7. The Hall–Kier alpha value is -1.67. The number of ether oxygens (including phenoxy) is 1. The molecule has 1 aliphatic heterocycles. The molecule has 0 atom stereocenters. The molecule has 3 rings (SSSR count). The first-order valence-corrected chi connectivity index (χ1v) is 9.12. The minimum Gasteiger partial charge on any atom is -0.485 e. The van der Waals surface area contributed by atoms with Crippen molar-refractivity contribution in [2.24, 2.45) is 0 Å². The summed E-state index contributed by atoms with van der Waals surface area (Å²) >= 11 is 5.90. The molecule has 6 nitrogen and oxygen atoms in total. The Morgan fingerprint density at radius 2 is 1.79 bits per heavy atom. The Bertz CT molecular complexity index is 790. The van der Waals surface area contributed by atoms with E-state index in [-0.39, 0.29) is 11.0 Å². The van der Waals surface area contributed by atoms with Gasteiger partial charge in [0.15, 0.2) is 10.9 Å². The van der Waals surface area contributed by atoms with E-state index in [2.05, 4.69) is 10.3 Å². The van der Waals surface area contributed by atoms with Gasteiger partial charge in [0.05, 0.1) is 4.90 Å². The predicted molar refractivity (Wildman–Crippen MR) is 92.3 cm³/mol. The molecule has 2 aromatic rings. The largest absolute Gasteiger partial charge is 0.485 e. The number of nitrogens with one attached hydrogen (secondary N) is 1. The maximum Gasteiger partial charge on any atom is 0.294 e. The molecule has 1 fully saturated rings. The number of hydrogen-bond acceptors (Lipinski definition) is 5. The predicted octanol–water partition coefficient (Wildman–Crippen LogP) is 2.64. The van der Waals surface area contributed by atoms with Gasteiger partial charge in [0.25, 0.3) is 10.1 Å². The van der Waals surface area contributed by atoms with Crippen molar-refractivity contribution in [1.82, 2.24) is 10.3 Å². The summed E-state index contributed by atoms with van der Waals surface area (Å²) in [5.74, 6) is 0.679. The van der Waals surface area contributed by atoms with Crippen LogP contribution in [0.1, 0.15) is 11.3 Å². The number of halogens is 1. The summed E-state index contributed by atoms with van der Waals surface area (Å²) in [6.45, 7) is 5.53. The van der Waals surface area contributed by atoms with Crippen LogP contribution in [-0.2, 0) is 10.1 Å². The van der Waals surface area contributed by atoms with Crippen molar-refractivity contribution in [3.05, 3.63) is 52.8 Å². The third kappa shape index (κ3) is 5.45. The van der Waals surface area contributed by atoms with Crippen LogP contribution in [0.2, 0.25) is 5.15 Å². The fraction of sp³-hybridized carbons (Fsp3) is 0.312. The molecular weight excluding hydrogens is 352 g/mol. The summed E-state index contributed by atoms with van der Waals surface area (Å²) < 4.78 is 35.1. The maximum atomic E-state index is 10.5. The highest BCUT2D eigenvalue weighted by molar-refractivity contribution is 7.85. The lowest BCUT2D eigenvalue weighted by molar-refractivity contribution is 0.142. The van der Waals surface area contributed by atoms with E-state index >= 15 is 0 Å². The molecule has 1 aliphatic rings. The first-order chi connectivity index (χ1) is 11.3. The van der Waals surface area contributed by atoms with Crippen molar-refractivity contribution in [3.8, 4) is 5.75 Å². The van der Waals surface area contributed by atoms with Crippen LogP contribution in [0.4, 0.5) is 0 Å². The number of benzene rings is 1. The molecule has 1 aromatic heterocycles.